The van der Waals surface area contributed by atoms with Gasteiger partial charge in [-0.3, -0.25) is 9.59 Å². The summed E-state index contributed by atoms with van der Waals surface area (Å²) in [6.45, 7) is 17.8. The molecular formula is C53H89FN6O13. The molecule has 3 aliphatic rings. The van der Waals surface area contributed by atoms with E-state index in [9.17, 15) is 39.5 Å². The van der Waals surface area contributed by atoms with E-state index in [-0.39, 0.29) is 50.5 Å². The molecule has 0 saturated carbocycles. The maximum atomic E-state index is 14.6. The number of carbonyl (C=O) groups is 2. The molecule has 1 aromatic carbocycles. The number of carbonyl (C=O) groups excluding carboxylic acids is 2. The monoisotopic (exact) mass is 1040 g/mol. The van der Waals surface area contributed by atoms with Gasteiger partial charge in [-0.05, 0) is 111 Å². The van der Waals surface area contributed by atoms with Gasteiger partial charge in [0, 0.05) is 58.2 Å². The smallest absolute Gasteiger partial charge is 0.309 e. The van der Waals surface area contributed by atoms with E-state index in [4.69, 9.17) is 28.4 Å². The summed E-state index contributed by atoms with van der Waals surface area (Å²) >= 11 is 0. The molecule has 0 bridgehead atoms. The van der Waals surface area contributed by atoms with Crippen molar-refractivity contribution in [3.63, 3.8) is 0 Å². The van der Waals surface area contributed by atoms with E-state index in [0.29, 0.717) is 25.3 Å². The first kappa shape index (κ1) is 60.6. The van der Waals surface area contributed by atoms with E-state index in [1.54, 1.807) is 66.6 Å². The minimum Gasteiger partial charge on any atom is -0.459 e. The third-order valence-electron chi connectivity index (χ3n) is 16.2. The molecule has 1 unspecified atom stereocenters. The highest BCUT2D eigenvalue weighted by Crippen LogP contribution is 2.45. The predicted octanol–water partition coefficient (Wildman–Crippen LogP) is 3.36. The van der Waals surface area contributed by atoms with E-state index in [2.05, 4.69) is 15.6 Å². The number of aliphatic hydroxyl groups excluding tert-OH is 3. The molecular weight excluding hydrogens is 948 g/mol. The molecule has 20 heteroatoms. The maximum absolute atomic E-state index is 14.6. The number of aliphatic hydroxyl groups is 5. The second kappa shape index (κ2) is 25.7. The summed E-state index contributed by atoms with van der Waals surface area (Å²) in [4.78, 5) is 31.8. The summed E-state index contributed by atoms with van der Waals surface area (Å²) in [6.07, 6.45) is -6.05. The van der Waals surface area contributed by atoms with Gasteiger partial charge >= 0.3 is 5.97 Å². The average molecular weight is 1040 g/mol. The number of amides is 1. The molecule has 3 saturated heterocycles. The van der Waals surface area contributed by atoms with E-state index < -0.39 is 120 Å². The minimum absolute atomic E-state index is 0.0151. The maximum Gasteiger partial charge on any atom is 0.309 e. The number of benzene rings is 1. The number of alkyl halides is 1. The van der Waals surface area contributed by atoms with Crippen LogP contribution in [0.15, 0.2) is 30.5 Å². The van der Waals surface area contributed by atoms with Crippen molar-refractivity contribution < 1.29 is 67.9 Å². The number of cyclic esters (lactones) is 1. The van der Waals surface area contributed by atoms with Crippen LogP contribution < -0.4 is 5.32 Å². The van der Waals surface area contributed by atoms with Crippen LogP contribution in [0.1, 0.15) is 113 Å². The number of nitrogens with one attached hydrogen (secondary N) is 1. The zero-order valence-electron chi connectivity index (χ0n) is 45.8. The van der Waals surface area contributed by atoms with Crippen molar-refractivity contribution in [1.29, 1.82) is 0 Å². The van der Waals surface area contributed by atoms with Gasteiger partial charge in [0.1, 0.15) is 42.4 Å². The Labute approximate surface area is 432 Å². The van der Waals surface area contributed by atoms with Crippen molar-refractivity contribution in [1.82, 2.24) is 30.1 Å². The lowest BCUT2D eigenvalue weighted by molar-refractivity contribution is -0.302. The Kier molecular flexibility index (Phi) is 21.4. The first-order valence-electron chi connectivity index (χ1n) is 26.2. The van der Waals surface area contributed by atoms with Crippen molar-refractivity contribution in [2.75, 3.05) is 48.1 Å². The number of halogens is 1. The highest BCUT2D eigenvalue weighted by Gasteiger charge is 2.55. The van der Waals surface area contributed by atoms with Gasteiger partial charge in [-0.2, -0.15) is 0 Å². The summed E-state index contributed by atoms with van der Waals surface area (Å²) in [5.41, 5.74) is -2.29. The predicted molar refractivity (Wildman–Crippen MR) is 270 cm³/mol. The molecule has 3 fully saturated rings. The molecule has 0 aliphatic carbocycles. The zero-order valence-corrected chi connectivity index (χ0v) is 45.8. The Balaban J connectivity index is 1.39. The third-order valence-corrected chi connectivity index (χ3v) is 16.2. The van der Waals surface area contributed by atoms with Crippen molar-refractivity contribution in [2.24, 2.45) is 23.7 Å². The molecule has 6 N–H and O–H groups in total. The van der Waals surface area contributed by atoms with E-state index in [0.717, 1.165) is 11.3 Å². The van der Waals surface area contributed by atoms with Gasteiger partial charge in [-0.25, -0.2) is 9.07 Å². The van der Waals surface area contributed by atoms with E-state index in [1.807, 2.05) is 61.9 Å². The van der Waals surface area contributed by atoms with Gasteiger partial charge in [-0.15, -0.1) is 5.10 Å². The lowest BCUT2D eigenvalue weighted by atomic mass is 9.68. The van der Waals surface area contributed by atoms with Crippen LogP contribution >= 0.6 is 0 Å². The molecule has 5 rings (SSSR count). The van der Waals surface area contributed by atoms with Gasteiger partial charge < -0.3 is 69.1 Å². The summed E-state index contributed by atoms with van der Waals surface area (Å²) in [5.74, 6) is -3.70. The fourth-order valence-corrected chi connectivity index (χ4v) is 11.8. The average Bonchev–Trinajstić information content (AvgIpc) is 3.81. The molecule has 2 aromatic rings. The van der Waals surface area contributed by atoms with Crippen LogP contribution in [0.3, 0.4) is 0 Å². The first-order chi connectivity index (χ1) is 34.2. The van der Waals surface area contributed by atoms with Gasteiger partial charge in [-0.1, -0.05) is 45.0 Å². The summed E-state index contributed by atoms with van der Waals surface area (Å²) in [6, 6.07) is 5.49. The molecule has 19 atom stereocenters. The quantitative estimate of drug-likeness (QED) is 0.132. The number of likely N-dealkylation sites (N-methyl/N-ethyl adjacent to an activating group) is 2. The van der Waals surface area contributed by atoms with Crippen molar-refractivity contribution in [3.05, 3.63) is 41.7 Å². The Bertz CT molecular complexity index is 2050. The second-order valence-corrected chi connectivity index (χ2v) is 22.4. The highest BCUT2D eigenvalue weighted by atomic mass is 19.1. The normalized spacial score (nSPS) is 39.1. The van der Waals surface area contributed by atoms with Crippen molar-refractivity contribution in [2.45, 2.75) is 204 Å². The fourth-order valence-electron chi connectivity index (χ4n) is 11.8. The van der Waals surface area contributed by atoms with E-state index >= 15 is 0 Å². The number of rotatable bonds is 16. The Morgan fingerprint density at radius 2 is 1.68 bits per heavy atom. The second-order valence-electron chi connectivity index (χ2n) is 22.4. The highest BCUT2D eigenvalue weighted by molar-refractivity contribution is 5.76. The van der Waals surface area contributed by atoms with Gasteiger partial charge in [0.25, 0.3) is 0 Å². The molecule has 0 spiro atoms. The zero-order chi connectivity index (χ0) is 54.3. The summed E-state index contributed by atoms with van der Waals surface area (Å²) in [5, 5.41) is 71.0. The number of nitrogens with zero attached hydrogens (tertiary/aromatic N) is 5. The Morgan fingerprint density at radius 3 is 2.30 bits per heavy atom. The first-order valence-corrected chi connectivity index (χ1v) is 26.2. The standard InChI is InChI=1S/C53H89FN6O13/c1-15-42-53(10,67)46(63)34(6)59(12)27-30(2)24-51(8,66)48(32(4)44(33(5)49(65)72-42)41-25-52(9,69-14)47(64)35(7)71-41)73-50-45(62)40(22-31(3)70-50)58(11)21-20-43(61)55-37(26-54)23-36-16-18-39(19-17-36)60-28-38(29-68-13)56-57-60/h16-19,28,30-35,37,40-42,44-48,50,62-64,66-67H,15,20-27,29H2,1-14H3,(H,55,61)/t30-,31-,32+,33-,34-,35+,37+,40+,41?,42-,44+,45-,46-,47+,48-,50+,51-,52-,53-/m1/s1. The van der Waals surface area contributed by atoms with E-state index in [1.165, 1.54) is 14.0 Å². The summed E-state index contributed by atoms with van der Waals surface area (Å²) in [7, 11) is 6.71. The SMILES string of the molecule is CC[C@H]1OC(=O)[C@H](C)[C@@H](C2C[C@@](C)(OC)[C@@H](O)[C@H](C)O2)[C@H](C)[C@@H](O[C@@H]2O[C@H](C)C[C@H](N(C)CCC(=O)N[C@H](CF)Cc3ccc(-n4cc(COC)nn4)cc3)[C@H]2O)[C@](C)(O)C[C@@H](C)CN(C)[C@H](C)[C@@H](O)[C@]1(C)O. The molecule has 416 valence electrons. The molecule has 73 heavy (non-hydrogen) atoms. The fraction of sp³-hybridized carbons (Fsp3) is 0.811. The van der Waals surface area contributed by atoms with Crippen LogP contribution in [0.25, 0.3) is 5.69 Å². The van der Waals surface area contributed by atoms with Gasteiger partial charge in [0.05, 0.1) is 66.1 Å². The van der Waals surface area contributed by atoms with Gasteiger partial charge in [0.2, 0.25) is 5.91 Å². The van der Waals surface area contributed by atoms with Crippen LogP contribution in [-0.2, 0) is 51.0 Å². The number of hydrogen-bond donors (Lipinski definition) is 6. The van der Waals surface area contributed by atoms with Crippen LogP contribution in [-0.4, -0.2) is 200 Å². The molecule has 3 aliphatic heterocycles. The molecule has 4 heterocycles. The number of esters is 1. The van der Waals surface area contributed by atoms with Crippen molar-refractivity contribution >= 4 is 11.9 Å². The van der Waals surface area contributed by atoms with Crippen LogP contribution in [0, 0.1) is 23.7 Å². The summed E-state index contributed by atoms with van der Waals surface area (Å²) < 4.78 is 53.1. The molecule has 1 aromatic heterocycles. The van der Waals surface area contributed by atoms with Crippen molar-refractivity contribution in [3.8, 4) is 5.69 Å². The van der Waals surface area contributed by atoms with Crippen LogP contribution in [0.5, 0.6) is 0 Å². The third kappa shape index (κ3) is 14.6. The molecule has 1 amide bonds. The number of aromatic nitrogens is 3. The Hall–Kier alpha value is -3.25. The lowest BCUT2D eigenvalue weighted by Gasteiger charge is -2.51. The van der Waals surface area contributed by atoms with Gasteiger partial charge in [0.15, 0.2) is 6.29 Å². The topological polar surface area (TPSA) is 240 Å². The minimum atomic E-state index is -1.84. The largest absolute Gasteiger partial charge is 0.459 e. The number of methoxy groups -OCH3 is 2. The number of ether oxygens (including phenoxy) is 6. The van der Waals surface area contributed by atoms with Crippen LogP contribution in [0.2, 0.25) is 0 Å². The molecule has 19 nitrogen and oxygen atoms in total. The number of hydrogen-bond acceptors (Lipinski definition) is 17. The molecule has 0 radical (unpaired) electrons. The van der Waals surface area contributed by atoms with Crippen LogP contribution in [0.4, 0.5) is 4.39 Å². The lowest BCUT2D eigenvalue weighted by Crippen LogP contribution is -2.62. The Morgan fingerprint density at radius 1 is 1.01 bits per heavy atom.